The number of ether oxygens (including phenoxy) is 2. The van der Waals surface area contributed by atoms with Gasteiger partial charge in [0.1, 0.15) is 29.2 Å². The van der Waals surface area contributed by atoms with Crippen molar-refractivity contribution in [3.8, 4) is 10.8 Å². The van der Waals surface area contributed by atoms with E-state index in [1.165, 1.54) is 10.4 Å². The molecule has 0 radical (unpaired) electrons. The Morgan fingerprint density at radius 2 is 1.82 bits per heavy atom. The molecule has 1 aliphatic rings. The SMILES string of the molecule is Cc1sc2c(c1C)C(c1ccc(OCCOCCCO)cc1)=NC(C)c1nnc(C)n1-2.[I][Os]. The monoisotopic (exact) mass is 759 g/mol. The molecule has 0 spiro atoms. The summed E-state index contributed by atoms with van der Waals surface area (Å²) in [5.74, 6) is 2.55. The van der Waals surface area contributed by atoms with E-state index in [-0.39, 0.29) is 12.6 Å². The zero-order valence-electron chi connectivity index (χ0n) is 19.1. The summed E-state index contributed by atoms with van der Waals surface area (Å²) in [6, 6.07) is 7.97. The molecule has 4 rings (SSSR count). The number of aliphatic hydroxyl groups is 1. The Balaban J connectivity index is 0.00000149. The number of aliphatic hydroxyl groups excluding tert-OH is 1. The molecule has 0 saturated heterocycles. The van der Waals surface area contributed by atoms with Gasteiger partial charge in [0.15, 0.2) is 5.82 Å². The molecule has 0 saturated carbocycles. The van der Waals surface area contributed by atoms with Crippen LogP contribution in [0.4, 0.5) is 0 Å². The van der Waals surface area contributed by atoms with Crippen LogP contribution in [0, 0.1) is 20.8 Å². The molecule has 0 fully saturated rings. The summed E-state index contributed by atoms with van der Waals surface area (Å²) in [5, 5.41) is 18.6. The van der Waals surface area contributed by atoms with Crippen LogP contribution in [0.15, 0.2) is 29.3 Å². The fourth-order valence-corrected chi connectivity index (χ4v) is 4.89. The molecule has 10 heteroatoms. The van der Waals surface area contributed by atoms with Gasteiger partial charge in [0.05, 0.1) is 12.3 Å². The summed E-state index contributed by atoms with van der Waals surface area (Å²) >= 11 is 5.77. The van der Waals surface area contributed by atoms with Crippen molar-refractivity contribution < 1.29 is 29.6 Å². The van der Waals surface area contributed by atoms with Crippen LogP contribution in [0.3, 0.4) is 0 Å². The van der Waals surface area contributed by atoms with E-state index in [0.717, 1.165) is 39.2 Å². The van der Waals surface area contributed by atoms with Crippen LogP contribution in [0.5, 0.6) is 5.75 Å². The second-order valence-corrected chi connectivity index (χ2v) is 8.82. The Kier molecular flexibility index (Phi) is 10.0. The fraction of sp³-hybridized carbons (Fsp3) is 0.435. The first-order valence-corrected chi connectivity index (χ1v) is 18.7. The molecule has 7 nitrogen and oxygen atoms in total. The first-order valence-electron chi connectivity index (χ1n) is 10.7. The maximum absolute atomic E-state index is 8.77. The number of hydrogen-bond donors (Lipinski definition) is 1. The molecule has 179 valence electrons. The molecule has 1 unspecified atom stereocenters. The number of thiophene rings is 1. The van der Waals surface area contributed by atoms with Gasteiger partial charge in [-0.15, -0.1) is 21.5 Å². The number of aryl methyl sites for hydroxylation is 2. The van der Waals surface area contributed by atoms with E-state index in [0.29, 0.717) is 26.2 Å². The minimum absolute atomic E-state index is 0.0949. The summed E-state index contributed by atoms with van der Waals surface area (Å²) in [6.45, 7) is 10.0. The molecule has 3 aromatic rings. The van der Waals surface area contributed by atoms with Gasteiger partial charge < -0.3 is 14.6 Å². The third kappa shape index (κ3) is 5.91. The number of nitrogens with zero attached hydrogens (tertiary/aromatic N) is 4. The van der Waals surface area contributed by atoms with E-state index in [1.54, 1.807) is 11.3 Å². The van der Waals surface area contributed by atoms with Crippen LogP contribution in [-0.2, 0) is 19.8 Å². The zero-order valence-corrected chi connectivity index (χ0v) is 24.6. The van der Waals surface area contributed by atoms with Crippen LogP contribution in [0.25, 0.3) is 5.00 Å². The quantitative estimate of drug-likeness (QED) is 0.264. The molecule has 2 aromatic heterocycles. The van der Waals surface area contributed by atoms with E-state index < -0.39 is 0 Å². The number of aliphatic imine (C=N–C) groups is 1. The van der Waals surface area contributed by atoms with E-state index in [9.17, 15) is 0 Å². The number of halogens is 1. The molecule has 0 aliphatic carbocycles. The number of aromatic nitrogens is 3. The first-order chi connectivity index (χ1) is 16.0. The number of rotatable bonds is 8. The third-order valence-electron chi connectivity index (χ3n) is 5.42. The van der Waals surface area contributed by atoms with Gasteiger partial charge in [0.25, 0.3) is 0 Å². The van der Waals surface area contributed by atoms with Gasteiger partial charge in [-0.25, -0.2) is 0 Å². The maximum atomic E-state index is 8.77. The summed E-state index contributed by atoms with van der Waals surface area (Å²) in [6.07, 6.45) is 0.647. The van der Waals surface area contributed by atoms with Gasteiger partial charge in [0.2, 0.25) is 0 Å². The summed E-state index contributed by atoms with van der Waals surface area (Å²) in [7, 11) is 0. The molecule has 1 aliphatic heterocycles. The van der Waals surface area contributed by atoms with Crippen LogP contribution < -0.4 is 4.74 Å². The van der Waals surface area contributed by atoms with Gasteiger partial charge in [0, 0.05) is 29.2 Å². The Morgan fingerprint density at radius 1 is 1.09 bits per heavy atom. The van der Waals surface area contributed by atoms with Gasteiger partial charge in [-0.1, -0.05) is 0 Å². The molecule has 0 amide bonds. The van der Waals surface area contributed by atoms with Gasteiger partial charge >= 0.3 is 34.7 Å². The molecule has 33 heavy (non-hydrogen) atoms. The van der Waals surface area contributed by atoms with Crippen LogP contribution in [0.1, 0.15) is 52.6 Å². The van der Waals surface area contributed by atoms with Crippen molar-refractivity contribution in [2.45, 2.75) is 40.2 Å². The summed E-state index contributed by atoms with van der Waals surface area (Å²) in [4.78, 5) is 6.34. The first kappa shape index (κ1) is 26.4. The average molecular weight is 758 g/mol. The fourth-order valence-electron chi connectivity index (χ4n) is 3.68. The number of benzene rings is 1. The van der Waals surface area contributed by atoms with Crippen molar-refractivity contribution in [3.05, 3.63) is 57.5 Å². The van der Waals surface area contributed by atoms with Crippen molar-refractivity contribution in [1.29, 1.82) is 0 Å². The molecule has 3 heterocycles. The van der Waals surface area contributed by atoms with Gasteiger partial charge in [-0.05, 0) is 63.9 Å². The van der Waals surface area contributed by atoms with Crippen LogP contribution >= 0.6 is 31.0 Å². The Bertz CT molecular complexity index is 1100. The molecule has 1 N–H and O–H groups in total. The van der Waals surface area contributed by atoms with Crippen molar-refractivity contribution in [2.75, 3.05) is 26.4 Å². The van der Waals surface area contributed by atoms with Crippen molar-refractivity contribution in [1.82, 2.24) is 14.8 Å². The Hall–Kier alpha value is -1.18. The molecule has 1 atom stereocenters. The molecular weight excluding hydrogens is 729 g/mol. The third-order valence-corrected chi connectivity index (χ3v) is 6.62. The molecular formula is C23H28IN4O3OsS. The standard InChI is InChI=1S/C23H28N4O3S.HI.Os/c1-14-16(3)31-23-20(14)21(24-15(2)22-26-25-17(4)27(22)23)18-6-8-19(9-7-18)30-13-12-29-11-5-10-28;;/h6-9,15,28H,5,10-13H2,1-4H3;1H;/q;;+1/p-1. The van der Waals surface area contributed by atoms with Crippen molar-refractivity contribution >= 4 is 36.7 Å². The normalized spacial score (nSPS) is 14.5. The predicted molar refractivity (Wildman–Crippen MR) is 136 cm³/mol. The van der Waals surface area contributed by atoms with E-state index in [1.807, 2.05) is 34.1 Å². The summed E-state index contributed by atoms with van der Waals surface area (Å²) in [5.41, 5.74) is 4.43. The van der Waals surface area contributed by atoms with Gasteiger partial charge in [-0.3, -0.25) is 9.56 Å². The van der Waals surface area contributed by atoms with E-state index in [2.05, 4.69) is 67.3 Å². The molecule has 1 aromatic carbocycles. The van der Waals surface area contributed by atoms with Gasteiger partial charge in [-0.2, -0.15) is 0 Å². The van der Waals surface area contributed by atoms with E-state index >= 15 is 0 Å². The topological polar surface area (TPSA) is 81.8 Å². The zero-order chi connectivity index (χ0) is 24.0. The second kappa shape index (κ2) is 12.5. The number of hydrogen-bond acceptors (Lipinski definition) is 7. The number of fused-ring (bicyclic) bond motifs is 3. The Labute approximate surface area is 219 Å². The second-order valence-electron chi connectivity index (χ2n) is 7.62. The van der Waals surface area contributed by atoms with Crippen molar-refractivity contribution in [2.24, 2.45) is 4.99 Å². The van der Waals surface area contributed by atoms with Crippen LogP contribution in [-0.4, -0.2) is 52.0 Å². The Morgan fingerprint density at radius 3 is 2.52 bits per heavy atom. The minimum atomic E-state index is -0.0949. The average Bonchev–Trinajstić information content (AvgIpc) is 3.31. The van der Waals surface area contributed by atoms with E-state index in [4.69, 9.17) is 19.6 Å². The van der Waals surface area contributed by atoms with Crippen LogP contribution in [0.2, 0.25) is 0 Å². The predicted octanol–water partition coefficient (Wildman–Crippen LogP) is 4.83. The van der Waals surface area contributed by atoms with Crippen molar-refractivity contribution in [3.63, 3.8) is 0 Å². The molecule has 0 bridgehead atoms. The summed E-state index contributed by atoms with van der Waals surface area (Å²) < 4.78 is 13.3.